The van der Waals surface area contributed by atoms with Gasteiger partial charge in [-0.1, -0.05) is 49.7 Å². The first kappa shape index (κ1) is 22.4. The molecule has 0 aliphatic carbocycles. The molecule has 0 fully saturated rings. The smallest absolute Gasteiger partial charge is 0.237 e. The fraction of sp³-hybridized carbons (Fsp3) is 0.571. The number of thioether (sulfide) groups is 1. The molecule has 2 aromatic rings. The lowest BCUT2D eigenvalue weighted by molar-refractivity contribution is -0.115. The summed E-state index contributed by atoms with van der Waals surface area (Å²) in [5.74, 6) is 0.953. The number of aromatic nitrogens is 3. The Morgan fingerprint density at radius 1 is 1.21 bits per heavy atom. The first-order valence-corrected chi connectivity index (χ1v) is 10.9. The second kappa shape index (κ2) is 10.6. The van der Waals surface area contributed by atoms with E-state index in [0.717, 1.165) is 42.5 Å². The number of hydrogen-bond acceptors (Lipinski definition) is 5. The Morgan fingerprint density at radius 3 is 2.46 bits per heavy atom. The Morgan fingerprint density at radius 2 is 1.89 bits per heavy atom. The van der Waals surface area contributed by atoms with Crippen LogP contribution in [0.2, 0.25) is 0 Å². The Balaban J connectivity index is 2.15. The number of aryl methyl sites for hydroxylation is 1. The average Bonchev–Trinajstić information content (AvgIpc) is 3.04. The normalized spacial score (nSPS) is 13.5. The van der Waals surface area contributed by atoms with E-state index in [1.807, 2.05) is 38.1 Å². The molecule has 7 heteroatoms. The van der Waals surface area contributed by atoms with Crippen molar-refractivity contribution in [3.8, 4) is 0 Å². The van der Waals surface area contributed by atoms with Gasteiger partial charge in [0.25, 0.3) is 0 Å². The Kier molecular flexibility index (Phi) is 8.51. The van der Waals surface area contributed by atoms with E-state index in [1.165, 1.54) is 17.3 Å². The highest BCUT2D eigenvalue weighted by Gasteiger charge is 2.24. The van der Waals surface area contributed by atoms with Crippen molar-refractivity contribution in [2.24, 2.45) is 0 Å². The van der Waals surface area contributed by atoms with Crippen LogP contribution in [0.15, 0.2) is 29.4 Å². The SMILES string of the molecule is CCCCn1c(S[C@@H](C)C(=O)Nc2ccc(C)cc2)nnc1[C@H](CC)N(C)C. The molecular weight excluding hydrogens is 370 g/mol. The van der Waals surface area contributed by atoms with Crippen LogP contribution in [0.5, 0.6) is 0 Å². The van der Waals surface area contributed by atoms with Crippen LogP contribution in [0, 0.1) is 6.92 Å². The fourth-order valence-corrected chi connectivity index (χ4v) is 3.91. The van der Waals surface area contributed by atoms with Crippen molar-refractivity contribution >= 4 is 23.4 Å². The first-order valence-electron chi connectivity index (χ1n) is 10.0. The van der Waals surface area contributed by atoms with Crippen molar-refractivity contribution in [3.63, 3.8) is 0 Å². The number of carbonyl (C=O) groups excluding carboxylic acids is 1. The highest BCUT2D eigenvalue weighted by atomic mass is 32.2. The van der Waals surface area contributed by atoms with Gasteiger partial charge in [0.2, 0.25) is 5.91 Å². The molecule has 1 heterocycles. The summed E-state index contributed by atoms with van der Waals surface area (Å²) in [5, 5.41) is 12.5. The quantitative estimate of drug-likeness (QED) is 0.591. The van der Waals surface area contributed by atoms with Gasteiger partial charge in [0.05, 0.1) is 11.3 Å². The predicted molar refractivity (Wildman–Crippen MR) is 117 cm³/mol. The molecule has 0 aliphatic heterocycles. The van der Waals surface area contributed by atoms with Crippen molar-refractivity contribution in [1.29, 1.82) is 0 Å². The van der Waals surface area contributed by atoms with Crippen LogP contribution >= 0.6 is 11.8 Å². The predicted octanol–water partition coefficient (Wildman–Crippen LogP) is 4.52. The lowest BCUT2D eigenvalue weighted by atomic mass is 10.2. The molecule has 1 aromatic heterocycles. The highest BCUT2D eigenvalue weighted by molar-refractivity contribution is 8.00. The summed E-state index contributed by atoms with van der Waals surface area (Å²) in [7, 11) is 4.13. The maximum Gasteiger partial charge on any atom is 0.237 e. The number of unbranched alkanes of at least 4 members (excludes halogenated alkanes) is 1. The van der Waals surface area contributed by atoms with Gasteiger partial charge in [-0.2, -0.15) is 0 Å². The Hall–Kier alpha value is -1.86. The first-order chi connectivity index (χ1) is 13.4. The zero-order valence-electron chi connectivity index (χ0n) is 17.9. The van der Waals surface area contributed by atoms with E-state index in [2.05, 4.69) is 52.9 Å². The molecule has 1 N–H and O–H groups in total. The van der Waals surface area contributed by atoms with Crippen molar-refractivity contribution in [2.45, 2.75) is 70.0 Å². The molecule has 2 atom stereocenters. The zero-order valence-corrected chi connectivity index (χ0v) is 18.7. The summed E-state index contributed by atoms with van der Waals surface area (Å²) in [5.41, 5.74) is 1.98. The lowest BCUT2D eigenvalue weighted by Gasteiger charge is -2.23. The second-order valence-corrected chi connectivity index (χ2v) is 8.66. The summed E-state index contributed by atoms with van der Waals surface area (Å²) < 4.78 is 2.19. The summed E-state index contributed by atoms with van der Waals surface area (Å²) in [4.78, 5) is 14.8. The van der Waals surface area contributed by atoms with Gasteiger partial charge in [-0.25, -0.2) is 0 Å². The summed E-state index contributed by atoms with van der Waals surface area (Å²) in [6.45, 7) is 9.15. The van der Waals surface area contributed by atoms with Crippen molar-refractivity contribution < 1.29 is 4.79 Å². The molecule has 0 bridgehead atoms. The van der Waals surface area contributed by atoms with Crippen LogP contribution in [0.3, 0.4) is 0 Å². The number of rotatable bonds is 10. The topological polar surface area (TPSA) is 63.1 Å². The molecule has 0 aliphatic rings. The van der Waals surface area contributed by atoms with Gasteiger partial charge >= 0.3 is 0 Å². The zero-order chi connectivity index (χ0) is 20.7. The third-order valence-corrected chi connectivity index (χ3v) is 5.84. The van der Waals surface area contributed by atoms with Crippen LogP contribution < -0.4 is 5.32 Å². The van der Waals surface area contributed by atoms with Crippen LogP contribution in [-0.4, -0.2) is 44.9 Å². The van der Waals surface area contributed by atoms with Crippen molar-refractivity contribution in [2.75, 3.05) is 19.4 Å². The van der Waals surface area contributed by atoms with Gasteiger partial charge in [-0.05, 0) is 52.9 Å². The number of amides is 1. The fourth-order valence-electron chi connectivity index (χ4n) is 3.03. The molecular formula is C21H33N5OS. The van der Waals surface area contributed by atoms with Gasteiger partial charge in [0, 0.05) is 12.2 Å². The van der Waals surface area contributed by atoms with Crippen LogP contribution in [-0.2, 0) is 11.3 Å². The molecule has 6 nitrogen and oxygen atoms in total. The standard InChI is InChI=1S/C21H33N5OS/c1-7-9-14-26-19(18(8-2)25(5)6)23-24-21(26)28-16(4)20(27)22-17-12-10-15(3)11-13-17/h10-13,16,18H,7-9,14H2,1-6H3,(H,22,27)/t16-,18-/m0/s1. The summed E-state index contributed by atoms with van der Waals surface area (Å²) >= 11 is 1.47. The van der Waals surface area contributed by atoms with Crippen LogP contribution in [0.4, 0.5) is 5.69 Å². The van der Waals surface area contributed by atoms with E-state index in [-0.39, 0.29) is 17.2 Å². The average molecular weight is 404 g/mol. The number of benzene rings is 1. The monoisotopic (exact) mass is 403 g/mol. The molecule has 1 aromatic carbocycles. The molecule has 0 unspecified atom stereocenters. The maximum atomic E-state index is 12.6. The number of carbonyl (C=O) groups is 1. The minimum atomic E-state index is -0.266. The van der Waals surface area contributed by atoms with Crippen molar-refractivity contribution in [3.05, 3.63) is 35.7 Å². The van der Waals surface area contributed by atoms with Gasteiger partial charge in [0.1, 0.15) is 0 Å². The molecule has 154 valence electrons. The maximum absolute atomic E-state index is 12.6. The summed E-state index contributed by atoms with van der Waals surface area (Å²) in [6.07, 6.45) is 3.13. The van der Waals surface area contributed by atoms with Crippen LogP contribution in [0.1, 0.15) is 57.5 Å². The lowest BCUT2D eigenvalue weighted by Crippen LogP contribution is -2.24. The molecule has 1 amide bonds. The van der Waals surface area contributed by atoms with E-state index >= 15 is 0 Å². The van der Waals surface area contributed by atoms with Crippen LogP contribution in [0.25, 0.3) is 0 Å². The van der Waals surface area contributed by atoms with Gasteiger partial charge in [0.15, 0.2) is 11.0 Å². The molecule has 0 spiro atoms. The van der Waals surface area contributed by atoms with Gasteiger partial charge < -0.3 is 9.88 Å². The number of anilines is 1. The van der Waals surface area contributed by atoms with E-state index in [1.54, 1.807) is 0 Å². The third kappa shape index (κ3) is 5.82. The van der Waals surface area contributed by atoms with E-state index < -0.39 is 0 Å². The van der Waals surface area contributed by atoms with E-state index in [9.17, 15) is 4.79 Å². The van der Waals surface area contributed by atoms with Gasteiger partial charge in [-0.15, -0.1) is 10.2 Å². The number of nitrogens with zero attached hydrogens (tertiary/aromatic N) is 4. The molecule has 0 saturated carbocycles. The summed E-state index contributed by atoms with van der Waals surface area (Å²) in [6, 6.07) is 8.06. The number of nitrogens with one attached hydrogen (secondary N) is 1. The Labute approximate surface area is 173 Å². The minimum Gasteiger partial charge on any atom is -0.325 e. The highest BCUT2D eigenvalue weighted by Crippen LogP contribution is 2.28. The largest absolute Gasteiger partial charge is 0.325 e. The molecule has 28 heavy (non-hydrogen) atoms. The third-order valence-electron chi connectivity index (χ3n) is 4.76. The van der Waals surface area contributed by atoms with Crippen molar-refractivity contribution in [1.82, 2.24) is 19.7 Å². The van der Waals surface area contributed by atoms with Gasteiger partial charge in [-0.3, -0.25) is 9.69 Å². The molecule has 0 saturated heterocycles. The Bertz CT molecular complexity index is 757. The molecule has 2 rings (SSSR count). The minimum absolute atomic E-state index is 0.0277. The molecule has 0 radical (unpaired) electrons. The second-order valence-electron chi connectivity index (χ2n) is 7.35. The van der Waals surface area contributed by atoms with E-state index in [0.29, 0.717) is 0 Å². The van der Waals surface area contributed by atoms with E-state index in [4.69, 9.17) is 0 Å². The number of hydrogen-bond donors (Lipinski definition) is 1.